The number of methoxy groups -OCH3 is 2. The zero-order valence-electron chi connectivity index (χ0n) is 22.4. The van der Waals surface area contributed by atoms with Crippen molar-refractivity contribution in [1.82, 2.24) is 18.9 Å². The van der Waals surface area contributed by atoms with Gasteiger partial charge < -0.3 is 28.5 Å². The van der Waals surface area contributed by atoms with Gasteiger partial charge in [-0.25, -0.2) is 4.98 Å². The smallest absolute Gasteiger partial charge is 0.433 e. The van der Waals surface area contributed by atoms with Gasteiger partial charge in [0.25, 0.3) is 0 Å². The summed E-state index contributed by atoms with van der Waals surface area (Å²) in [5.74, 6) is 1.37. The maximum Gasteiger partial charge on any atom is 0.433 e. The highest BCUT2D eigenvalue weighted by molar-refractivity contribution is 5.84. The van der Waals surface area contributed by atoms with Crippen LogP contribution in [-0.2, 0) is 6.54 Å². The molecule has 1 saturated heterocycles. The maximum absolute atomic E-state index is 11.7. The van der Waals surface area contributed by atoms with Gasteiger partial charge in [-0.2, -0.15) is 0 Å². The maximum atomic E-state index is 11.7. The van der Waals surface area contributed by atoms with E-state index in [4.69, 9.17) is 18.9 Å². The number of fused-ring (bicyclic) bond motifs is 3. The van der Waals surface area contributed by atoms with E-state index in [1.807, 2.05) is 40.8 Å². The van der Waals surface area contributed by atoms with E-state index < -0.39 is 16.9 Å². The van der Waals surface area contributed by atoms with E-state index in [2.05, 4.69) is 9.47 Å². The fourth-order valence-corrected chi connectivity index (χ4v) is 5.64. The van der Waals surface area contributed by atoms with Crippen molar-refractivity contribution in [3.63, 3.8) is 0 Å². The lowest BCUT2D eigenvalue weighted by atomic mass is 10.0. The first-order chi connectivity index (χ1) is 19.5. The third-order valence-electron chi connectivity index (χ3n) is 7.62. The van der Waals surface area contributed by atoms with Gasteiger partial charge in [0.2, 0.25) is 5.78 Å². The van der Waals surface area contributed by atoms with Crippen LogP contribution in [0.1, 0.15) is 36.8 Å². The molecular weight excluding hydrogens is 514 g/mol. The molecular formula is C29H31N5O6. The van der Waals surface area contributed by atoms with Gasteiger partial charge in [0.15, 0.2) is 17.6 Å². The summed E-state index contributed by atoms with van der Waals surface area (Å²) in [6.45, 7) is 3.78. The fourth-order valence-electron chi connectivity index (χ4n) is 5.64. The van der Waals surface area contributed by atoms with Crippen molar-refractivity contribution < 1.29 is 23.9 Å². The Balaban J connectivity index is 1.56. The van der Waals surface area contributed by atoms with Gasteiger partial charge in [-0.15, -0.1) is 0 Å². The van der Waals surface area contributed by atoms with Gasteiger partial charge in [0.05, 0.1) is 42.7 Å². The van der Waals surface area contributed by atoms with E-state index in [0.717, 1.165) is 37.2 Å². The van der Waals surface area contributed by atoms with E-state index in [9.17, 15) is 15.2 Å². The monoisotopic (exact) mass is 545 g/mol. The van der Waals surface area contributed by atoms with E-state index in [0.29, 0.717) is 34.2 Å². The minimum absolute atomic E-state index is 0.0559. The number of likely N-dealkylation sites (tertiary alicyclic amines) is 1. The van der Waals surface area contributed by atoms with Crippen molar-refractivity contribution in [1.29, 1.82) is 0 Å². The van der Waals surface area contributed by atoms with Crippen molar-refractivity contribution in [2.45, 2.75) is 31.9 Å². The van der Waals surface area contributed by atoms with Gasteiger partial charge >= 0.3 is 5.88 Å². The average Bonchev–Trinajstić information content (AvgIpc) is 3.70. The summed E-state index contributed by atoms with van der Waals surface area (Å²) in [6.07, 6.45) is 2.36. The van der Waals surface area contributed by atoms with Crippen LogP contribution in [0.4, 0.5) is 5.88 Å². The standard InChI is InChI=1S/C29H31N5O6/c1-38-22-11-10-19(18-24(22)39-2)26-27(28(35)23-12-13-25(40-23)34(36)37)33-21-9-5-4-8-20(21)32(29(33)30-26)17-16-31-14-6-3-7-15-31/h4-5,8-13,18,28,35H,3,6-7,14-17H2,1-2H3. The van der Waals surface area contributed by atoms with Crippen LogP contribution in [0, 0.1) is 10.1 Å². The average molecular weight is 546 g/mol. The number of aliphatic hydroxyl groups excluding tert-OH is 1. The molecule has 4 heterocycles. The number of furan rings is 1. The lowest BCUT2D eigenvalue weighted by molar-refractivity contribution is -0.402. The zero-order valence-corrected chi connectivity index (χ0v) is 22.4. The number of imidazole rings is 2. The van der Waals surface area contributed by atoms with Gasteiger partial charge in [0, 0.05) is 18.7 Å². The predicted octanol–water partition coefficient (Wildman–Crippen LogP) is 5.04. The summed E-state index contributed by atoms with van der Waals surface area (Å²) in [6, 6.07) is 16.1. The van der Waals surface area contributed by atoms with Crippen LogP contribution in [-0.4, -0.2) is 62.7 Å². The summed E-state index contributed by atoms with van der Waals surface area (Å²) in [5.41, 5.74) is 3.51. The second-order valence-electron chi connectivity index (χ2n) is 9.93. The first-order valence-electron chi connectivity index (χ1n) is 13.4. The first kappa shape index (κ1) is 25.9. The van der Waals surface area contributed by atoms with E-state index in [1.165, 1.54) is 31.4 Å². The van der Waals surface area contributed by atoms with Crippen LogP contribution >= 0.6 is 0 Å². The Labute approximate surface area is 230 Å². The molecule has 11 nitrogen and oxygen atoms in total. The molecule has 6 rings (SSSR count). The second-order valence-corrected chi connectivity index (χ2v) is 9.93. The minimum atomic E-state index is -1.33. The van der Waals surface area contributed by atoms with Crippen molar-refractivity contribution in [3.8, 4) is 22.8 Å². The summed E-state index contributed by atoms with van der Waals surface area (Å²) in [4.78, 5) is 18.2. The van der Waals surface area contributed by atoms with E-state index >= 15 is 0 Å². The largest absolute Gasteiger partial charge is 0.493 e. The number of hydrogen-bond acceptors (Lipinski definition) is 8. The van der Waals surface area contributed by atoms with Crippen LogP contribution in [0.15, 0.2) is 59.0 Å². The Hall–Kier alpha value is -4.35. The van der Waals surface area contributed by atoms with Gasteiger partial charge in [0.1, 0.15) is 10.7 Å². The molecule has 1 fully saturated rings. The third-order valence-corrected chi connectivity index (χ3v) is 7.62. The lowest BCUT2D eigenvalue weighted by Crippen LogP contribution is -2.32. The number of benzene rings is 2. The van der Waals surface area contributed by atoms with Crippen molar-refractivity contribution >= 4 is 22.7 Å². The number of aliphatic hydroxyl groups is 1. The van der Waals surface area contributed by atoms with Crippen LogP contribution in [0.25, 0.3) is 28.1 Å². The molecule has 2 aromatic carbocycles. The molecule has 0 spiro atoms. The number of rotatable bonds is 9. The SMILES string of the molecule is COc1ccc(-c2nc3n(CCN4CCCCC4)c4ccccc4n3c2C(O)c2ccc([N+](=O)[O-])o2)cc1OC. The van der Waals surface area contributed by atoms with Crippen molar-refractivity contribution in [2.24, 2.45) is 0 Å². The third kappa shape index (κ3) is 4.46. The summed E-state index contributed by atoms with van der Waals surface area (Å²) in [7, 11) is 3.13. The molecule has 40 heavy (non-hydrogen) atoms. The molecule has 0 radical (unpaired) electrons. The molecule has 0 amide bonds. The predicted molar refractivity (Wildman–Crippen MR) is 149 cm³/mol. The number of nitrogens with zero attached hydrogens (tertiary/aromatic N) is 5. The number of ether oxygens (including phenoxy) is 2. The van der Waals surface area contributed by atoms with Crippen LogP contribution in [0.3, 0.4) is 0 Å². The highest BCUT2D eigenvalue weighted by Crippen LogP contribution is 2.39. The molecule has 1 N–H and O–H groups in total. The Kier molecular flexibility index (Phi) is 6.91. The molecule has 1 aliphatic heterocycles. The molecule has 0 bridgehead atoms. The molecule has 3 aromatic heterocycles. The number of nitro groups is 1. The first-order valence-corrected chi connectivity index (χ1v) is 13.4. The summed E-state index contributed by atoms with van der Waals surface area (Å²) < 4.78 is 20.5. The summed E-state index contributed by atoms with van der Waals surface area (Å²) >= 11 is 0. The highest BCUT2D eigenvalue weighted by atomic mass is 16.6. The molecule has 0 saturated carbocycles. The molecule has 1 atom stereocenters. The topological polar surface area (TPSA) is 120 Å². The van der Waals surface area contributed by atoms with Crippen molar-refractivity contribution in [2.75, 3.05) is 33.9 Å². The van der Waals surface area contributed by atoms with Gasteiger partial charge in [-0.3, -0.25) is 14.5 Å². The van der Waals surface area contributed by atoms with Crippen LogP contribution in [0.2, 0.25) is 0 Å². The summed E-state index contributed by atoms with van der Waals surface area (Å²) in [5, 5.41) is 23.0. The Morgan fingerprint density at radius 1 is 1.00 bits per heavy atom. The van der Waals surface area contributed by atoms with Crippen molar-refractivity contribution in [3.05, 3.63) is 76.2 Å². The van der Waals surface area contributed by atoms with Crippen LogP contribution in [0.5, 0.6) is 11.5 Å². The van der Waals surface area contributed by atoms with Crippen LogP contribution < -0.4 is 9.47 Å². The Morgan fingerprint density at radius 2 is 1.75 bits per heavy atom. The normalized spacial score (nSPS) is 15.1. The molecule has 1 aliphatic rings. The number of piperidine rings is 1. The molecule has 208 valence electrons. The Morgan fingerprint density at radius 3 is 2.45 bits per heavy atom. The molecule has 5 aromatic rings. The lowest BCUT2D eigenvalue weighted by Gasteiger charge is -2.26. The van der Waals surface area contributed by atoms with E-state index in [-0.39, 0.29) is 5.76 Å². The number of hydrogen-bond donors (Lipinski definition) is 1. The molecule has 0 aliphatic carbocycles. The zero-order chi connectivity index (χ0) is 27.8. The van der Waals surface area contributed by atoms with E-state index in [1.54, 1.807) is 20.3 Å². The van der Waals surface area contributed by atoms with Gasteiger partial charge in [-0.05, 0) is 62.3 Å². The number of para-hydroxylation sites is 2. The number of aromatic nitrogens is 3. The highest BCUT2D eigenvalue weighted by Gasteiger charge is 2.30. The fraction of sp³-hybridized carbons (Fsp3) is 0.345. The van der Waals surface area contributed by atoms with Gasteiger partial charge in [-0.1, -0.05) is 18.6 Å². The minimum Gasteiger partial charge on any atom is -0.493 e. The molecule has 11 heteroatoms. The second kappa shape index (κ2) is 10.7. The molecule has 1 unspecified atom stereocenters. The quantitative estimate of drug-likeness (QED) is 0.202. The Bertz CT molecular complexity index is 1680.